The van der Waals surface area contributed by atoms with Gasteiger partial charge in [0.2, 0.25) is 0 Å². The number of nitrogens with zero attached hydrogens (tertiary/aromatic N) is 2. The minimum Gasteiger partial charge on any atom is -0.444 e. The maximum absolute atomic E-state index is 11.6. The van der Waals surface area contributed by atoms with E-state index >= 15 is 0 Å². The standard InChI is InChI=1S/C21H29N3O2S3/c1-16(15-27-13-12-23-20(25)26-21(2,3)4)14-17-8-7-10-19(24-17)29-28-18-9-5-6-11-22-18/h5-11,16H,12-15H2,1-4H3,(H,23,25)/t16-/m0/s1. The second-order valence-corrected chi connectivity index (χ2v) is 10.9. The second-order valence-electron chi connectivity index (χ2n) is 7.61. The highest BCUT2D eigenvalue weighted by molar-refractivity contribution is 8.76. The average Bonchev–Trinajstić information content (AvgIpc) is 2.66. The van der Waals surface area contributed by atoms with Crippen LogP contribution in [0.1, 0.15) is 33.4 Å². The zero-order valence-corrected chi connectivity index (χ0v) is 19.8. The van der Waals surface area contributed by atoms with Crippen molar-refractivity contribution in [3.05, 3.63) is 48.3 Å². The molecule has 0 fully saturated rings. The number of nitrogens with one attached hydrogen (secondary N) is 1. The smallest absolute Gasteiger partial charge is 0.407 e. The number of ether oxygens (including phenoxy) is 1. The maximum Gasteiger partial charge on any atom is 0.407 e. The van der Waals surface area contributed by atoms with Crippen LogP contribution in [0.25, 0.3) is 0 Å². The first-order valence-corrected chi connectivity index (χ1v) is 12.9. The lowest BCUT2D eigenvalue weighted by atomic mass is 10.1. The van der Waals surface area contributed by atoms with Crippen molar-refractivity contribution in [3.8, 4) is 0 Å². The molecule has 2 aromatic rings. The number of rotatable bonds is 10. The number of hydrogen-bond donors (Lipinski definition) is 1. The number of pyridine rings is 2. The monoisotopic (exact) mass is 451 g/mol. The van der Waals surface area contributed by atoms with Gasteiger partial charge in [0.15, 0.2) is 0 Å². The number of amides is 1. The molecule has 1 N–H and O–H groups in total. The van der Waals surface area contributed by atoms with Crippen LogP contribution in [0.5, 0.6) is 0 Å². The van der Waals surface area contributed by atoms with Gasteiger partial charge in [-0.05, 0) is 84.7 Å². The molecule has 1 atom stereocenters. The summed E-state index contributed by atoms with van der Waals surface area (Å²) in [6.45, 7) is 8.44. The van der Waals surface area contributed by atoms with E-state index in [4.69, 9.17) is 9.72 Å². The highest BCUT2D eigenvalue weighted by Gasteiger charge is 2.15. The molecule has 0 aliphatic heterocycles. The minimum absolute atomic E-state index is 0.353. The van der Waals surface area contributed by atoms with Gasteiger partial charge in [-0.2, -0.15) is 11.8 Å². The van der Waals surface area contributed by atoms with Gasteiger partial charge in [0.05, 0.1) is 0 Å². The van der Waals surface area contributed by atoms with Crippen molar-refractivity contribution in [2.24, 2.45) is 5.92 Å². The van der Waals surface area contributed by atoms with Crippen LogP contribution in [0, 0.1) is 5.92 Å². The summed E-state index contributed by atoms with van der Waals surface area (Å²) in [5.41, 5.74) is 0.651. The molecule has 0 radical (unpaired) electrons. The highest BCUT2D eigenvalue weighted by Crippen LogP contribution is 2.35. The van der Waals surface area contributed by atoms with E-state index in [0.29, 0.717) is 12.5 Å². The van der Waals surface area contributed by atoms with E-state index in [2.05, 4.69) is 29.4 Å². The largest absolute Gasteiger partial charge is 0.444 e. The summed E-state index contributed by atoms with van der Waals surface area (Å²) in [5.74, 6) is 2.41. The summed E-state index contributed by atoms with van der Waals surface area (Å²) in [7, 11) is 3.25. The van der Waals surface area contributed by atoms with Gasteiger partial charge < -0.3 is 10.1 Å². The summed E-state index contributed by atoms with van der Waals surface area (Å²) >= 11 is 1.84. The van der Waals surface area contributed by atoms with Crippen LogP contribution >= 0.6 is 33.3 Å². The first-order valence-electron chi connectivity index (χ1n) is 9.58. The van der Waals surface area contributed by atoms with E-state index in [-0.39, 0.29) is 6.09 Å². The van der Waals surface area contributed by atoms with Crippen molar-refractivity contribution in [1.29, 1.82) is 0 Å². The molecule has 2 heterocycles. The number of thioether (sulfide) groups is 1. The summed E-state index contributed by atoms with van der Waals surface area (Å²) < 4.78 is 5.23. The summed E-state index contributed by atoms with van der Waals surface area (Å²) in [6.07, 6.45) is 2.39. The molecule has 0 bridgehead atoms. The lowest BCUT2D eigenvalue weighted by Crippen LogP contribution is -2.33. The zero-order chi connectivity index (χ0) is 21.1. The SMILES string of the molecule is C[C@H](CSCCNC(=O)OC(C)(C)C)Cc1cccc(SSc2ccccn2)n1. The fourth-order valence-electron chi connectivity index (χ4n) is 2.34. The van der Waals surface area contributed by atoms with Crippen molar-refractivity contribution in [1.82, 2.24) is 15.3 Å². The van der Waals surface area contributed by atoms with Gasteiger partial charge in [-0.1, -0.05) is 19.1 Å². The van der Waals surface area contributed by atoms with Gasteiger partial charge in [-0.3, -0.25) is 0 Å². The Balaban J connectivity index is 1.66. The lowest BCUT2D eigenvalue weighted by molar-refractivity contribution is 0.0531. The van der Waals surface area contributed by atoms with Crippen molar-refractivity contribution < 1.29 is 9.53 Å². The third-order valence-corrected chi connectivity index (χ3v) is 6.97. The number of carbonyl (C=O) groups excluding carboxylic acids is 1. The van der Waals surface area contributed by atoms with E-state index in [1.807, 2.05) is 56.8 Å². The first kappa shape index (κ1) is 23.9. The number of carbonyl (C=O) groups is 1. The van der Waals surface area contributed by atoms with Gasteiger partial charge >= 0.3 is 6.09 Å². The van der Waals surface area contributed by atoms with Crippen LogP contribution in [0.15, 0.2) is 52.6 Å². The molecule has 0 aliphatic carbocycles. The summed E-state index contributed by atoms with van der Waals surface area (Å²) in [6, 6.07) is 12.1. The predicted octanol–water partition coefficient (Wildman–Crippen LogP) is 5.71. The molecule has 0 aromatic carbocycles. The van der Waals surface area contributed by atoms with Crippen LogP contribution in [-0.2, 0) is 11.2 Å². The van der Waals surface area contributed by atoms with E-state index in [9.17, 15) is 4.79 Å². The van der Waals surface area contributed by atoms with E-state index in [1.54, 1.807) is 27.8 Å². The number of hydrogen-bond acceptors (Lipinski definition) is 7. The van der Waals surface area contributed by atoms with Crippen LogP contribution < -0.4 is 5.32 Å². The fourth-order valence-corrected chi connectivity index (χ4v) is 5.06. The first-order chi connectivity index (χ1) is 13.8. The lowest BCUT2D eigenvalue weighted by Gasteiger charge is -2.19. The van der Waals surface area contributed by atoms with E-state index < -0.39 is 5.60 Å². The molecule has 8 heteroatoms. The predicted molar refractivity (Wildman–Crippen MR) is 125 cm³/mol. The van der Waals surface area contributed by atoms with Crippen molar-refractivity contribution >= 4 is 39.4 Å². The normalized spacial score (nSPS) is 12.4. The van der Waals surface area contributed by atoms with Crippen LogP contribution in [0.2, 0.25) is 0 Å². The van der Waals surface area contributed by atoms with Crippen molar-refractivity contribution in [2.75, 3.05) is 18.1 Å². The van der Waals surface area contributed by atoms with Crippen LogP contribution in [0.4, 0.5) is 4.79 Å². The maximum atomic E-state index is 11.6. The zero-order valence-electron chi connectivity index (χ0n) is 17.4. The van der Waals surface area contributed by atoms with Gasteiger partial charge in [0, 0.05) is 24.2 Å². The quantitative estimate of drug-likeness (QED) is 0.366. The number of alkyl carbamates (subject to hydrolysis) is 1. The molecule has 2 rings (SSSR count). The summed E-state index contributed by atoms with van der Waals surface area (Å²) in [4.78, 5) is 20.7. The Bertz CT molecular complexity index is 754. The Morgan fingerprint density at radius 3 is 2.62 bits per heavy atom. The molecule has 2 aromatic heterocycles. The van der Waals surface area contributed by atoms with E-state index in [0.717, 1.165) is 33.7 Å². The minimum atomic E-state index is -0.457. The average molecular weight is 452 g/mol. The molecule has 5 nitrogen and oxygen atoms in total. The Morgan fingerprint density at radius 2 is 1.90 bits per heavy atom. The fraction of sp³-hybridized carbons (Fsp3) is 0.476. The molecule has 29 heavy (non-hydrogen) atoms. The second kappa shape index (κ2) is 12.3. The molecular weight excluding hydrogens is 422 g/mol. The Kier molecular flexibility index (Phi) is 10.2. The van der Waals surface area contributed by atoms with Crippen molar-refractivity contribution in [3.63, 3.8) is 0 Å². The molecule has 0 saturated carbocycles. The Hall–Kier alpha value is -1.38. The number of aromatic nitrogens is 2. The molecular formula is C21H29N3O2S3. The van der Waals surface area contributed by atoms with Crippen LogP contribution in [0.3, 0.4) is 0 Å². The molecule has 158 valence electrons. The third kappa shape index (κ3) is 10.8. The summed E-state index contributed by atoms with van der Waals surface area (Å²) in [5, 5.41) is 4.77. The highest BCUT2D eigenvalue weighted by atomic mass is 33.1. The molecule has 0 saturated heterocycles. The van der Waals surface area contributed by atoms with Gasteiger partial charge in [0.1, 0.15) is 15.7 Å². The van der Waals surface area contributed by atoms with Crippen molar-refractivity contribution in [2.45, 2.75) is 49.8 Å². The van der Waals surface area contributed by atoms with E-state index in [1.165, 1.54) is 0 Å². The molecule has 0 unspecified atom stereocenters. The Labute approximate surface area is 186 Å². The van der Waals surface area contributed by atoms with Gasteiger partial charge in [-0.25, -0.2) is 14.8 Å². The Morgan fingerprint density at radius 1 is 1.14 bits per heavy atom. The molecule has 0 aliphatic rings. The van der Waals surface area contributed by atoms with Gasteiger partial charge in [0.25, 0.3) is 0 Å². The molecule has 0 spiro atoms. The molecule has 1 amide bonds. The van der Waals surface area contributed by atoms with Gasteiger partial charge in [-0.15, -0.1) is 0 Å². The topological polar surface area (TPSA) is 64.1 Å². The third-order valence-electron chi connectivity index (χ3n) is 3.51. The van der Waals surface area contributed by atoms with Crippen LogP contribution in [-0.4, -0.2) is 39.7 Å².